The van der Waals surface area contributed by atoms with Gasteiger partial charge in [-0.2, -0.15) is 4.98 Å². The summed E-state index contributed by atoms with van der Waals surface area (Å²) in [5.74, 6) is 0.417. The second kappa shape index (κ2) is 7.40. The molecule has 7 heteroatoms. The summed E-state index contributed by atoms with van der Waals surface area (Å²) in [7, 11) is 1.36. The van der Waals surface area contributed by atoms with Gasteiger partial charge in [-0.25, -0.2) is 4.39 Å². The van der Waals surface area contributed by atoms with Crippen molar-refractivity contribution in [2.45, 2.75) is 30.8 Å². The molecule has 0 aliphatic rings. The van der Waals surface area contributed by atoms with Crippen molar-refractivity contribution in [2.24, 2.45) is 0 Å². The molecule has 0 amide bonds. The number of carbonyl (C=O) groups excluding carboxylic acids is 1. The molecule has 2 aromatic rings. The average Bonchev–Trinajstić information content (AvgIpc) is 2.97. The maximum atomic E-state index is 12.9. The topological polar surface area (TPSA) is 65.2 Å². The zero-order chi connectivity index (χ0) is 16.1. The normalized spacial score (nSPS) is 13.6. The molecule has 22 heavy (non-hydrogen) atoms. The molecule has 0 fully saturated rings. The number of methoxy groups -OCH3 is 1. The summed E-state index contributed by atoms with van der Waals surface area (Å²) in [6.07, 6.45) is 0.466. The average molecular weight is 324 g/mol. The fourth-order valence-electron chi connectivity index (χ4n) is 1.88. The monoisotopic (exact) mass is 324 g/mol. The molecular formula is C15H17FN2O3S. The predicted molar refractivity (Wildman–Crippen MR) is 81.0 cm³/mol. The van der Waals surface area contributed by atoms with Gasteiger partial charge in [0.1, 0.15) is 11.1 Å². The number of rotatable bonds is 6. The van der Waals surface area contributed by atoms with Crippen LogP contribution in [0, 0.1) is 5.82 Å². The minimum absolute atomic E-state index is 0.122. The summed E-state index contributed by atoms with van der Waals surface area (Å²) in [5, 5.41) is 3.48. The first-order valence-electron chi connectivity index (χ1n) is 6.79. The Morgan fingerprint density at radius 2 is 2.05 bits per heavy atom. The van der Waals surface area contributed by atoms with Crippen molar-refractivity contribution >= 4 is 17.7 Å². The zero-order valence-electron chi connectivity index (χ0n) is 12.6. The Morgan fingerprint density at radius 1 is 1.36 bits per heavy atom. The third kappa shape index (κ3) is 4.30. The fraction of sp³-hybridized carbons (Fsp3) is 0.400. The van der Waals surface area contributed by atoms with E-state index in [1.54, 1.807) is 19.1 Å². The van der Waals surface area contributed by atoms with E-state index in [-0.39, 0.29) is 22.3 Å². The maximum absolute atomic E-state index is 12.9. The van der Waals surface area contributed by atoms with Crippen LogP contribution < -0.4 is 0 Å². The molecule has 2 rings (SSSR count). The van der Waals surface area contributed by atoms with E-state index < -0.39 is 0 Å². The van der Waals surface area contributed by atoms with Crippen molar-refractivity contribution in [3.63, 3.8) is 0 Å². The molecular weight excluding hydrogens is 307 g/mol. The number of benzene rings is 1. The lowest BCUT2D eigenvalue weighted by Gasteiger charge is -2.11. The van der Waals surface area contributed by atoms with Crippen LogP contribution in [0.1, 0.15) is 36.4 Å². The number of esters is 1. The van der Waals surface area contributed by atoms with Gasteiger partial charge in [0.25, 0.3) is 0 Å². The van der Waals surface area contributed by atoms with Gasteiger partial charge in [0.15, 0.2) is 5.82 Å². The number of aromatic nitrogens is 2. The van der Waals surface area contributed by atoms with Gasteiger partial charge in [-0.05, 0) is 31.5 Å². The van der Waals surface area contributed by atoms with Gasteiger partial charge in [0.05, 0.1) is 12.4 Å². The van der Waals surface area contributed by atoms with Crippen LogP contribution in [0.15, 0.2) is 28.8 Å². The standard InChI is InChI=1S/C15H17FN2O3S/c1-9(22-10(2)15(19)20-3)14-17-13(18-21-14)8-11-4-6-12(16)7-5-11/h4-7,9-10H,8H2,1-3H3/t9-,10+/m0/s1. The Hall–Kier alpha value is -1.89. The van der Waals surface area contributed by atoms with E-state index in [1.165, 1.54) is 31.0 Å². The van der Waals surface area contributed by atoms with Crippen LogP contribution in [0.3, 0.4) is 0 Å². The highest BCUT2D eigenvalue weighted by molar-refractivity contribution is 8.00. The molecule has 5 nitrogen and oxygen atoms in total. The largest absolute Gasteiger partial charge is 0.468 e. The van der Waals surface area contributed by atoms with Crippen LogP contribution in [-0.2, 0) is 16.0 Å². The van der Waals surface area contributed by atoms with Crippen molar-refractivity contribution < 1.29 is 18.4 Å². The zero-order valence-corrected chi connectivity index (χ0v) is 13.4. The summed E-state index contributed by atoms with van der Waals surface area (Å²) in [6, 6.07) is 6.16. The second-order valence-corrected chi connectivity index (χ2v) is 6.48. The van der Waals surface area contributed by atoms with E-state index in [4.69, 9.17) is 4.52 Å². The highest BCUT2D eigenvalue weighted by atomic mass is 32.2. The number of thioether (sulfide) groups is 1. The van der Waals surface area contributed by atoms with Gasteiger partial charge >= 0.3 is 5.97 Å². The summed E-state index contributed by atoms with van der Waals surface area (Å²) in [5.41, 5.74) is 0.900. The molecule has 1 heterocycles. The van der Waals surface area contributed by atoms with Crippen LogP contribution >= 0.6 is 11.8 Å². The lowest BCUT2D eigenvalue weighted by molar-refractivity contribution is -0.139. The molecule has 0 aliphatic heterocycles. The molecule has 2 atom stereocenters. The smallest absolute Gasteiger partial charge is 0.318 e. The SMILES string of the molecule is COC(=O)[C@@H](C)S[C@@H](C)c1nc(Cc2ccc(F)cc2)no1. The van der Waals surface area contributed by atoms with E-state index >= 15 is 0 Å². The number of nitrogens with zero attached hydrogens (tertiary/aromatic N) is 2. The molecule has 0 radical (unpaired) electrons. The van der Waals surface area contributed by atoms with E-state index in [1.807, 2.05) is 6.92 Å². The van der Waals surface area contributed by atoms with Crippen molar-refractivity contribution in [1.82, 2.24) is 10.1 Å². The second-order valence-electron chi connectivity index (χ2n) is 4.80. The highest BCUT2D eigenvalue weighted by Crippen LogP contribution is 2.31. The van der Waals surface area contributed by atoms with E-state index in [2.05, 4.69) is 14.9 Å². The summed E-state index contributed by atoms with van der Waals surface area (Å²) in [6.45, 7) is 3.65. The Balaban J connectivity index is 1.98. The lowest BCUT2D eigenvalue weighted by atomic mass is 10.1. The number of hydrogen-bond donors (Lipinski definition) is 0. The van der Waals surface area contributed by atoms with Crippen molar-refractivity contribution in [3.8, 4) is 0 Å². The van der Waals surface area contributed by atoms with E-state index in [0.717, 1.165) is 5.56 Å². The van der Waals surface area contributed by atoms with Crippen LogP contribution in [0.25, 0.3) is 0 Å². The summed E-state index contributed by atoms with van der Waals surface area (Å²) < 4.78 is 22.8. The van der Waals surface area contributed by atoms with Crippen LogP contribution in [0.5, 0.6) is 0 Å². The number of halogens is 1. The highest BCUT2D eigenvalue weighted by Gasteiger charge is 2.22. The first kappa shape index (κ1) is 16.5. The minimum atomic E-state index is -0.313. The van der Waals surface area contributed by atoms with Crippen molar-refractivity contribution in [1.29, 1.82) is 0 Å². The first-order valence-corrected chi connectivity index (χ1v) is 7.74. The Bertz CT molecular complexity index is 630. The van der Waals surface area contributed by atoms with Gasteiger partial charge < -0.3 is 9.26 Å². The molecule has 0 unspecified atom stereocenters. The maximum Gasteiger partial charge on any atom is 0.318 e. The molecule has 1 aromatic heterocycles. The number of ether oxygens (including phenoxy) is 1. The van der Waals surface area contributed by atoms with Gasteiger partial charge in [-0.1, -0.05) is 17.3 Å². The molecule has 0 saturated carbocycles. The van der Waals surface area contributed by atoms with Crippen LogP contribution in [0.4, 0.5) is 4.39 Å². The van der Waals surface area contributed by atoms with E-state index in [9.17, 15) is 9.18 Å². The van der Waals surface area contributed by atoms with Gasteiger partial charge in [-0.3, -0.25) is 4.79 Å². The van der Waals surface area contributed by atoms with Crippen LogP contribution in [-0.4, -0.2) is 28.5 Å². The molecule has 0 N–H and O–H groups in total. The number of hydrogen-bond acceptors (Lipinski definition) is 6. The molecule has 0 saturated heterocycles. The third-order valence-corrected chi connectivity index (χ3v) is 4.26. The summed E-state index contributed by atoms with van der Waals surface area (Å²) >= 11 is 1.39. The lowest BCUT2D eigenvalue weighted by Crippen LogP contribution is -2.15. The predicted octanol–water partition coefficient (Wildman–Crippen LogP) is 3.16. The van der Waals surface area contributed by atoms with Gasteiger partial charge in [0.2, 0.25) is 5.89 Å². The Morgan fingerprint density at radius 3 is 2.68 bits per heavy atom. The minimum Gasteiger partial charge on any atom is -0.468 e. The Kier molecular flexibility index (Phi) is 5.54. The molecule has 0 bridgehead atoms. The van der Waals surface area contributed by atoms with Gasteiger partial charge in [-0.15, -0.1) is 11.8 Å². The van der Waals surface area contributed by atoms with Crippen molar-refractivity contribution in [3.05, 3.63) is 47.4 Å². The Labute approximate surface area is 132 Å². The van der Waals surface area contributed by atoms with Crippen LogP contribution in [0.2, 0.25) is 0 Å². The molecule has 118 valence electrons. The van der Waals surface area contributed by atoms with E-state index in [0.29, 0.717) is 18.1 Å². The number of carbonyl (C=O) groups is 1. The molecule has 0 aliphatic carbocycles. The molecule has 0 spiro atoms. The fourth-order valence-corrected chi connectivity index (χ4v) is 2.91. The first-order chi connectivity index (χ1) is 10.5. The van der Waals surface area contributed by atoms with Gasteiger partial charge in [0, 0.05) is 6.42 Å². The quantitative estimate of drug-likeness (QED) is 0.761. The molecule has 1 aromatic carbocycles. The summed E-state index contributed by atoms with van der Waals surface area (Å²) in [4.78, 5) is 15.7. The van der Waals surface area contributed by atoms with Crippen molar-refractivity contribution in [2.75, 3.05) is 7.11 Å². The third-order valence-electron chi connectivity index (χ3n) is 3.05.